The van der Waals surface area contributed by atoms with E-state index >= 15 is 0 Å². The van der Waals surface area contributed by atoms with Crippen molar-refractivity contribution in [2.75, 3.05) is 18.1 Å². The molecule has 0 N–H and O–H groups in total. The van der Waals surface area contributed by atoms with Gasteiger partial charge in [0.25, 0.3) is 0 Å². The van der Waals surface area contributed by atoms with Crippen molar-refractivity contribution in [1.82, 2.24) is 4.98 Å². The van der Waals surface area contributed by atoms with E-state index in [1.165, 1.54) is 0 Å². The first-order chi connectivity index (χ1) is 8.72. The van der Waals surface area contributed by atoms with Crippen molar-refractivity contribution in [3.05, 3.63) is 23.4 Å². The molecular formula is C13H17ClN2O2. The molecule has 1 fully saturated rings. The normalized spacial score (nSPS) is 19.7. The molecule has 2 rings (SSSR count). The lowest BCUT2D eigenvalue weighted by Gasteiger charge is -2.34. The Balaban J connectivity index is 2.17. The van der Waals surface area contributed by atoms with Gasteiger partial charge in [0, 0.05) is 12.7 Å². The lowest BCUT2D eigenvalue weighted by Crippen LogP contribution is -2.46. The molecule has 0 amide bonds. The number of rotatable bonds is 3. The van der Waals surface area contributed by atoms with Gasteiger partial charge in [0.1, 0.15) is 11.9 Å². The second kappa shape index (κ2) is 6.05. The number of hydrogen-bond acceptors (Lipinski definition) is 4. The molecule has 0 aliphatic carbocycles. The predicted octanol–water partition coefficient (Wildman–Crippen LogP) is 2.66. The fraction of sp³-hybridized carbons (Fsp3) is 0.538. The molecule has 1 aliphatic rings. The van der Waals surface area contributed by atoms with Crippen LogP contribution in [0, 0.1) is 0 Å². The van der Waals surface area contributed by atoms with Gasteiger partial charge in [-0.2, -0.15) is 0 Å². The summed E-state index contributed by atoms with van der Waals surface area (Å²) in [5, 5.41) is 0.600. The molecule has 0 bridgehead atoms. The maximum atomic E-state index is 11.9. The average Bonchev–Trinajstić information content (AvgIpc) is 2.40. The highest BCUT2D eigenvalue weighted by Gasteiger charge is 2.30. The van der Waals surface area contributed by atoms with Crippen LogP contribution >= 0.6 is 11.6 Å². The van der Waals surface area contributed by atoms with Gasteiger partial charge in [0.15, 0.2) is 0 Å². The highest BCUT2D eigenvalue weighted by atomic mass is 35.5. The number of esters is 1. The lowest BCUT2D eigenvalue weighted by molar-refractivity contribution is -0.145. The molecule has 1 atom stereocenters. The van der Waals surface area contributed by atoms with Crippen molar-refractivity contribution < 1.29 is 9.53 Å². The molecular weight excluding hydrogens is 252 g/mol. The monoisotopic (exact) mass is 268 g/mol. The van der Waals surface area contributed by atoms with E-state index in [2.05, 4.69) is 4.98 Å². The number of halogens is 1. The SMILES string of the molecule is CCOC(=O)C1CCCCN1c1ccc(Cl)cn1. The van der Waals surface area contributed by atoms with Gasteiger partial charge in [-0.15, -0.1) is 0 Å². The van der Waals surface area contributed by atoms with Crippen molar-refractivity contribution in [3.63, 3.8) is 0 Å². The topological polar surface area (TPSA) is 42.4 Å². The van der Waals surface area contributed by atoms with E-state index < -0.39 is 0 Å². The largest absolute Gasteiger partial charge is 0.464 e. The van der Waals surface area contributed by atoms with Crippen LogP contribution in [0.15, 0.2) is 18.3 Å². The molecule has 1 unspecified atom stereocenters. The van der Waals surface area contributed by atoms with Crippen LogP contribution in [0.25, 0.3) is 0 Å². The first kappa shape index (κ1) is 13.1. The number of ether oxygens (including phenoxy) is 1. The van der Waals surface area contributed by atoms with Gasteiger partial charge >= 0.3 is 5.97 Å². The number of nitrogens with zero attached hydrogens (tertiary/aromatic N) is 2. The highest BCUT2D eigenvalue weighted by Crippen LogP contribution is 2.24. The van der Waals surface area contributed by atoms with E-state index in [0.717, 1.165) is 31.6 Å². The molecule has 5 heteroatoms. The Bertz CT molecular complexity index is 408. The van der Waals surface area contributed by atoms with Crippen LogP contribution in [0.5, 0.6) is 0 Å². The van der Waals surface area contributed by atoms with Crippen LogP contribution in [0.3, 0.4) is 0 Å². The molecule has 0 saturated carbocycles. The Morgan fingerprint density at radius 2 is 2.39 bits per heavy atom. The summed E-state index contributed by atoms with van der Waals surface area (Å²) >= 11 is 5.83. The Morgan fingerprint density at radius 1 is 1.56 bits per heavy atom. The van der Waals surface area contributed by atoms with Gasteiger partial charge in [0.2, 0.25) is 0 Å². The number of carbonyl (C=O) groups is 1. The van der Waals surface area contributed by atoms with E-state index in [-0.39, 0.29) is 12.0 Å². The van der Waals surface area contributed by atoms with Crippen LogP contribution in [-0.4, -0.2) is 30.1 Å². The van der Waals surface area contributed by atoms with Gasteiger partial charge in [0.05, 0.1) is 11.6 Å². The highest BCUT2D eigenvalue weighted by molar-refractivity contribution is 6.30. The molecule has 98 valence electrons. The fourth-order valence-corrected chi connectivity index (χ4v) is 2.34. The number of hydrogen-bond donors (Lipinski definition) is 0. The molecule has 1 saturated heterocycles. The van der Waals surface area contributed by atoms with Crippen LogP contribution < -0.4 is 4.90 Å². The number of pyridine rings is 1. The number of piperidine rings is 1. The van der Waals surface area contributed by atoms with Crippen LogP contribution in [0.1, 0.15) is 26.2 Å². The average molecular weight is 269 g/mol. The molecule has 0 radical (unpaired) electrons. The van der Waals surface area contributed by atoms with Gasteiger partial charge in [-0.3, -0.25) is 0 Å². The summed E-state index contributed by atoms with van der Waals surface area (Å²) in [6.07, 6.45) is 4.55. The second-order valence-corrected chi connectivity index (χ2v) is 4.73. The van der Waals surface area contributed by atoms with Crippen LogP contribution in [0.2, 0.25) is 5.02 Å². The minimum Gasteiger partial charge on any atom is -0.464 e. The third kappa shape index (κ3) is 2.93. The summed E-state index contributed by atoms with van der Waals surface area (Å²) in [4.78, 5) is 18.2. The molecule has 1 aromatic rings. The maximum absolute atomic E-state index is 11.9. The molecule has 4 nitrogen and oxygen atoms in total. The van der Waals surface area contributed by atoms with Crippen LogP contribution in [-0.2, 0) is 9.53 Å². The summed E-state index contributed by atoms with van der Waals surface area (Å²) < 4.78 is 5.12. The van der Waals surface area contributed by atoms with E-state index in [1.807, 2.05) is 17.9 Å². The molecule has 18 heavy (non-hydrogen) atoms. The Morgan fingerprint density at radius 3 is 3.06 bits per heavy atom. The zero-order valence-corrected chi connectivity index (χ0v) is 11.2. The number of aromatic nitrogens is 1. The van der Waals surface area contributed by atoms with Crippen molar-refractivity contribution in [1.29, 1.82) is 0 Å². The standard InChI is InChI=1S/C13H17ClN2O2/c1-2-18-13(17)11-5-3-4-8-16(11)12-7-6-10(14)9-15-12/h6-7,9,11H,2-5,8H2,1H3. The summed E-state index contributed by atoms with van der Waals surface area (Å²) in [5.74, 6) is 0.631. The minimum atomic E-state index is -0.215. The molecule has 1 aromatic heterocycles. The van der Waals surface area contributed by atoms with Crippen molar-refractivity contribution in [2.24, 2.45) is 0 Å². The number of anilines is 1. The second-order valence-electron chi connectivity index (χ2n) is 4.29. The van der Waals surface area contributed by atoms with E-state index in [4.69, 9.17) is 16.3 Å². The minimum absolute atomic E-state index is 0.158. The van der Waals surface area contributed by atoms with E-state index in [0.29, 0.717) is 11.6 Å². The first-order valence-electron chi connectivity index (χ1n) is 6.27. The number of carbonyl (C=O) groups excluding carboxylic acids is 1. The smallest absolute Gasteiger partial charge is 0.328 e. The Hall–Kier alpha value is -1.29. The van der Waals surface area contributed by atoms with Gasteiger partial charge in [-0.05, 0) is 38.3 Å². The van der Waals surface area contributed by atoms with Crippen molar-refractivity contribution in [2.45, 2.75) is 32.2 Å². The van der Waals surface area contributed by atoms with Gasteiger partial charge < -0.3 is 9.64 Å². The van der Waals surface area contributed by atoms with Crippen LogP contribution in [0.4, 0.5) is 5.82 Å². The van der Waals surface area contributed by atoms with E-state index in [1.54, 1.807) is 12.3 Å². The summed E-state index contributed by atoms with van der Waals surface area (Å²) in [5.41, 5.74) is 0. The Labute approximate surface area is 112 Å². The zero-order valence-electron chi connectivity index (χ0n) is 10.4. The van der Waals surface area contributed by atoms with Crippen molar-refractivity contribution >= 4 is 23.4 Å². The fourth-order valence-electron chi connectivity index (χ4n) is 2.23. The van der Waals surface area contributed by atoms with Crippen molar-refractivity contribution in [3.8, 4) is 0 Å². The summed E-state index contributed by atoms with van der Waals surface area (Å²) in [6, 6.07) is 3.42. The van der Waals surface area contributed by atoms with Gasteiger partial charge in [-0.1, -0.05) is 11.6 Å². The predicted molar refractivity (Wildman–Crippen MR) is 70.9 cm³/mol. The third-order valence-electron chi connectivity index (χ3n) is 3.07. The summed E-state index contributed by atoms with van der Waals surface area (Å²) in [6.45, 7) is 3.07. The zero-order chi connectivity index (χ0) is 13.0. The maximum Gasteiger partial charge on any atom is 0.328 e. The Kier molecular flexibility index (Phi) is 4.42. The molecule has 1 aliphatic heterocycles. The molecule has 2 heterocycles. The van der Waals surface area contributed by atoms with E-state index in [9.17, 15) is 4.79 Å². The first-order valence-corrected chi connectivity index (χ1v) is 6.65. The quantitative estimate of drug-likeness (QED) is 0.791. The molecule has 0 spiro atoms. The third-order valence-corrected chi connectivity index (χ3v) is 3.29. The molecule has 0 aromatic carbocycles. The van der Waals surface area contributed by atoms with Gasteiger partial charge in [-0.25, -0.2) is 9.78 Å². The lowest BCUT2D eigenvalue weighted by atomic mass is 10.0. The summed E-state index contributed by atoms with van der Waals surface area (Å²) in [7, 11) is 0.